The number of hydrogen-bond acceptors (Lipinski definition) is 4. The lowest BCUT2D eigenvalue weighted by Crippen LogP contribution is -1.96. The molecule has 57 heavy (non-hydrogen) atoms. The van der Waals surface area contributed by atoms with Gasteiger partial charge in [0.25, 0.3) is 0 Å². The van der Waals surface area contributed by atoms with Crippen molar-refractivity contribution in [1.29, 1.82) is 0 Å². The number of para-hydroxylation sites is 1. The van der Waals surface area contributed by atoms with E-state index in [0.717, 1.165) is 88.7 Å². The van der Waals surface area contributed by atoms with Gasteiger partial charge in [0, 0.05) is 33.0 Å². The lowest BCUT2D eigenvalue weighted by Gasteiger charge is -2.12. The second kappa shape index (κ2) is 13.6. The molecule has 0 saturated heterocycles. The molecule has 0 N–H and O–H groups in total. The van der Waals surface area contributed by atoms with E-state index in [-0.39, 0.29) is 0 Å². The van der Waals surface area contributed by atoms with E-state index in [1.165, 1.54) is 16.5 Å². The van der Waals surface area contributed by atoms with Crippen molar-refractivity contribution in [3.63, 3.8) is 0 Å². The minimum absolute atomic E-state index is 0.678. The van der Waals surface area contributed by atoms with E-state index in [0.29, 0.717) is 5.82 Å². The van der Waals surface area contributed by atoms with Crippen LogP contribution in [0, 0.1) is 0 Å². The molecule has 4 nitrogen and oxygen atoms in total. The normalized spacial score (nSPS) is 11.5. The summed E-state index contributed by atoms with van der Waals surface area (Å²) >= 11 is 0. The monoisotopic (exact) mass is 727 g/mol. The minimum Gasteiger partial charge on any atom is -0.455 e. The maximum absolute atomic E-state index is 6.61. The van der Waals surface area contributed by atoms with Crippen LogP contribution < -0.4 is 0 Å². The maximum Gasteiger partial charge on any atom is 0.160 e. The number of fused-ring (bicyclic) bond motifs is 6. The van der Waals surface area contributed by atoms with Gasteiger partial charge in [-0.25, -0.2) is 15.0 Å². The molecule has 0 bridgehead atoms. The fourth-order valence-corrected chi connectivity index (χ4v) is 8.03. The van der Waals surface area contributed by atoms with Gasteiger partial charge >= 0.3 is 0 Å². The molecule has 11 rings (SSSR count). The smallest absolute Gasteiger partial charge is 0.160 e. The molecule has 0 aliphatic carbocycles. The molecule has 0 atom stereocenters. The average molecular weight is 728 g/mol. The van der Waals surface area contributed by atoms with Crippen LogP contribution in [0.2, 0.25) is 0 Å². The highest BCUT2D eigenvalue weighted by atomic mass is 16.3. The molecule has 0 saturated carbocycles. The van der Waals surface area contributed by atoms with Crippen molar-refractivity contribution >= 4 is 43.6 Å². The van der Waals surface area contributed by atoms with Crippen LogP contribution in [0.3, 0.4) is 0 Å². The summed E-state index contributed by atoms with van der Waals surface area (Å²) in [5, 5.41) is 5.43. The number of rotatable bonds is 6. The standard InChI is InChI=1S/C53H33N3O/c1-3-12-34(13-4-1)35-22-26-39(27-23-35)47-33-46(38-15-5-2-6-16-38)55-53(56-47)40-28-24-36(25-29-40)41-30-31-44-48(32-41)54-51(43-20-11-17-37-14-7-8-18-42(37)43)50-45-19-9-10-21-49(45)57-52(44)50/h1-33H. The fourth-order valence-electron chi connectivity index (χ4n) is 8.03. The lowest BCUT2D eigenvalue weighted by atomic mass is 9.96. The molecule has 4 heteroatoms. The highest BCUT2D eigenvalue weighted by Crippen LogP contribution is 2.42. The van der Waals surface area contributed by atoms with Crippen molar-refractivity contribution in [2.75, 3.05) is 0 Å². The van der Waals surface area contributed by atoms with Crippen molar-refractivity contribution in [2.45, 2.75) is 0 Å². The summed E-state index contributed by atoms with van der Waals surface area (Å²) in [6.45, 7) is 0. The SMILES string of the molecule is c1ccc(-c2ccc(-c3cc(-c4ccccc4)nc(-c4ccc(-c5ccc6c(c5)nc(-c5cccc7ccccc57)c5c7ccccc7oc65)cc4)n3)cc2)cc1. The zero-order valence-corrected chi connectivity index (χ0v) is 30.8. The number of hydrogen-bond donors (Lipinski definition) is 0. The summed E-state index contributed by atoms with van der Waals surface area (Å²) in [5.74, 6) is 0.678. The average Bonchev–Trinajstić information content (AvgIpc) is 3.69. The van der Waals surface area contributed by atoms with Crippen molar-refractivity contribution in [1.82, 2.24) is 15.0 Å². The second-order valence-corrected chi connectivity index (χ2v) is 14.4. The molecule has 0 unspecified atom stereocenters. The first-order chi connectivity index (χ1) is 28.2. The third kappa shape index (κ3) is 5.83. The van der Waals surface area contributed by atoms with Gasteiger partial charge in [0.15, 0.2) is 5.82 Å². The van der Waals surface area contributed by atoms with Crippen molar-refractivity contribution < 1.29 is 4.42 Å². The van der Waals surface area contributed by atoms with Crippen molar-refractivity contribution in [3.8, 4) is 67.4 Å². The summed E-state index contributed by atoms with van der Waals surface area (Å²) < 4.78 is 6.61. The zero-order valence-electron chi connectivity index (χ0n) is 30.8. The predicted octanol–water partition coefficient (Wildman–Crippen LogP) is 14.1. The first-order valence-electron chi connectivity index (χ1n) is 19.2. The Morgan fingerprint density at radius 3 is 1.65 bits per heavy atom. The maximum atomic E-state index is 6.61. The summed E-state index contributed by atoms with van der Waals surface area (Å²) in [7, 11) is 0. The molecule has 3 aromatic heterocycles. The van der Waals surface area contributed by atoms with Crippen LogP contribution in [0.1, 0.15) is 0 Å². The van der Waals surface area contributed by atoms with Crippen LogP contribution >= 0.6 is 0 Å². The first kappa shape index (κ1) is 32.7. The Labute approximate surface area is 329 Å². The van der Waals surface area contributed by atoms with Crippen molar-refractivity contribution in [3.05, 3.63) is 200 Å². The van der Waals surface area contributed by atoms with Crippen LogP contribution in [-0.2, 0) is 0 Å². The zero-order chi connectivity index (χ0) is 37.7. The van der Waals surface area contributed by atoms with Gasteiger partial charge in [0.05, 0.1) is 28.0 Å². The van der Waals surface area contributed by atoms with Gasteiger partial charge in [0.2, 0.25) is 0 Å². The summed E-state index contributed by atoms with van der Waals surface area (Å²) in [4.78, 5) is 15.6. The van der Waals surface area contributed by atoms with Gasteiger partial charge in [-0.15, -0.1) is 0 Å². The third-order valence-corrected chi connectivity index (χ3v) is 10.9. The quantitative estimate of drug-likeness (QED) is 0.171. The summed E-state index contributed by atoms with van der Waals surface area (Å²) in [6, 6.07) is 69.6. The molecule has 11 aromatic rings. The Morgan fingerprint density at radius 2 is 0.895 bits per heavy atom. The fraction of sp³-hybridized carbons (Fsp3) is 0. The van der Waals surface area contributed by atoms with Crippen molar-refractivity contribution in [2.24, 2.45) is 0 Å². The van der Waals surface area contributed by atoms with Gasteiger partial charge in [0.1, 0.15) is 11.2 Å². The van der Waals surface area contributed by atoms with E-state index in [4.69, 9.17) is 19.4 Å². The number of aromatic nitrogens is 3. The Morgan fingerprint density at radius 1 is 0.351 bits per heavy atom. The topological polar surface area (TPSA) is 51.8 Å². The van der Waals surface area contributed by atoms with Crippen LogP contribution in [0.15, 0.2) is 205 Å². The molecule has 0 amide bonds. The summed E-state index contributed by atoms with van der Waals surface area (Å²) in [6.07, 6.45) is 0. The Hall–Kier alpha value is -7.69. The van der Waals surface area contributed by atoms with E-state index in [1.54, 1.807) is 0 Å². The van der Waals surface area contributed by atoms with E-state index in [2.05, 4.69) is 164 Å². The largest absolute Gasteiger partial charge is 0.455 e. The van der Waals surface area contributed by atoms with Gasteiger partial charge < -0.3 is 4.42 Å². The molecule has 0 aliphatic heterocycles. The van der Waals surface area contributed by atoms with E-state index >= 15 is 0 Å². The number of benzene rings is 8. The number of furan rings is 1. The van der Waals surface area contributed by atoms with Gasteiger partial charge in [-0.3, -0.25) is 0 Å². The molecular weight excluding hydrogens is 695 g/mol. The lowest BCUT2D eigenvalue weighted by molar-refractivity contribution is 0.672. The number of nitrogens with zero attached hydrogens (tertiary/aromatic N) is 3. The van der Waals surface area contributed by atoms with E-state index in [1.807, 2.05) is 36.4 Å². The molecule has 0 spiro atoms. The Balaban J connectivity index is 1.00. The molecular formula is C53H33N3O. The number of pyridine rings is 1. The van der Waals surface area contributed by atoms with Crippen LogP contribution in [0.4, 0.5) is 0 Å². The van der Waals surface area contributed by atoms with Crippen LogP contribution in [-0.4, -0.2) is 15.0 Å². The van der Waals surface area contributed by atoms with E-state index in [9.17, 15) is 0 Å². The highest BCUT2D eigenvalue weighted by molar-refractivity contribution is 6.21. The summed E-state index contributed by atoms with van der Waals surface area (Å²) in [5.41, 5.74) is 13.9. The van der Waals surface area contributed by atoms with Crippen LogP contribution in [0.25, 0.3) is 111 Å². The van der Waals surface area contributed by atoms with E-state index < -0.39 is 0 Å². The first-order valence-corrected chi connectivity index (χ1v) is 19.2. The molecule has 0 aliphatic rings. The molecule has 8 aromatic carbocycles. The van der Waals surface area contributed by atoms with Gasteiger partial charge in [-0.05, 0) is 57.3 Å². The Bertz CT molecular complexity index is 3260. The van der Waals surface area contributed by atoms with Gasteiger partial charge in [-0.1, -0.05) is 176 Å². The van der Waals surface area contributed by atoms with Crippen LogP contribution in [0.5, 0.6) is 0 Å². The molecule has 0 radical (unpaired) electrons. The highest BCUT2D eigenvalue weighted by Gasteiger charge is 2.20. The Kier molecular flexibility index (Phi) is 7.78. The second-order valence-electron chi connectivity index (χ2n) is 14.4. The molecule has 0 fully saturated rings. The third-order valence-electron chi connectivity index (χ3n) is 10.9. The predicted molar refractivity (Wildman–Crippen MR) is 235 cm³/mol. The molecule has 3 heterocycles. The molecule has 266 valence electrons. The van der Waals surface area contributed by atoms with Gasteiger partial charge in [-0.2, -0.15) is 0 Å². The minimum atomic E-state index is 0.678.